The van der Waals surface area contributed by atoms with Crippen molar-refractivity contribution in [3.8, 4) is 11.1 Å². The van der Waals surface area contributed by atoms with Crippen LogP contribution in [0.1, 0.15) is 12.5 Å². The molecule has 1 amide bonds. The van der Waals surface area contributed by atoms with Crippen LogP contribution in [0.3, 0.4) is 0 Å². The molecule has 0 spiro atoms. The number of nitrogens with zero attached hydrogens (tertiary/aromatic N) is 2. The van der Waals surface area contributed by atoms with Gasteiger partial charge in [0.25, 0.3) is 0 Å². The monoisotopic (exact) mass is 256 g/mol. The number of aromatic nitrogens is 2. The lowest BCUT2D eigenvalue weighted by atomic mass is 10.1. The lowest BCUT2D eigenvalue weighted by Crippen LogP contribution is -2.38. The number of amides is 1. The normalized spacial score (nSPS) is 12.1. The van der Waals surface area contributed by atoms with Gasteiger partial charge in [0, 0.05) is 24.5 Å². The molecular weight excluding hydrogens is 240 g/mol. The predicted molar refractivity (Wildman–Crippen MR) is 73.0 cm³/mol. The number of carbonyl (C=O) groups excluding carboxylic acids is 1. The van der Waals surface area contributed by atoms with E-state index in [1.165, 1.54) is 6.33 Å². The van der Waals surface area contributed by atoms with Gasteiger partial charge in [-0.1, -0.05) is 24.3 Å². The number of hydrogen-bond acceptors (Lipinski definition) is 4. The summed E-state index contributed by atoms with van der Waals surface area (Å²) in [7, 11) is 0. The van der Waals surface area contributed by atoms with E-state index in [0.29, 0.717) is 6.54 Å². The molecule has 0 fully saturated rings. The summed E-state index contributed by atoms with van der Waals surface area (Å²) >= 11 is 0. The molecule has 1 heterocycles. The number of benzene rings is 1. The maximum absolute atomic E-state index is 10.9. The van der Waals surface area contributed by atoms with Crippen molar-refractivity contribution in [3.63, 3.8) is 0 Å². The molecule has 0 aliphatic rings. The minimum absolute atomic E-state index is 0.331. The van der Waals surface area contributed by atoms with E-state index >= 15 is 0 Å². The Morgan fingerprint density at radius 1 is 1.21 bits per heavy atom. The quantitative estimate of drug-likeness (QED) is 0.839. The molecule has 98 valence electrons. The van der Waals surface area contributed by atoms with Crippen molar-refractivity contribution in [2.75, 3.05) is 0 Å². The van der Waals surface area contributed by atoms with Gasteiger partial charge >= 0.3 is 0 Å². The molecule has 1 atom stereocenters. The number of rotatable bonds is 5. The topological polar surface area (TPSA) is 80.9 Å². The second-order valence-corrected chi connectivity index (χ2v) is 4.33. The Morgan fingerprint density at radius 3 is 2.42 bits per heavy atom. The zero-order chi connectivity index (χ0) is 13.7. The van der Waals surface area contributed by atoms with Crippen molar-refractivity contribution in [2.24, 2.45) is 5.73 Å². The average molecular weight is 256 g/mol. The third-order valence-corrected chi connectivity index (χ3v) is 2.89. The predicted octanol–water partition coefficient (Wildman–Crippen LogP) is 1.11. The van der Waals surface area contributed by atoms with E-state index < -0.39 is 0 Å². The third kappa shape index (κ3) is 3.59. The van der Waals surface area contributed by atoms with Gasteiger partial charge in [-0.2, -0.15) is 0 Å². The summed E-state index contributed by atoms with van der Waals surface area (Å²) in [4.78, 5) is 18.9. The maximum atomic E-state index is 10.9. The van der Waals surface area contributed by atoms with Crippen LogP contribution in [0.4, 0.5) is 0 Å². The van der Waals surface area contributed by atoms with E-state index in [-0.39, 0.29) is 11.9 Å². The molecule has 0 bridgehead atoms. The van der Waals surface area contributed by atoms with Crippen LogP contribution in [0.2, 0.25) is 0 Å². The summed E-state index contributed by atoms with van der Waals surface area (Å²) in [5.41, 5.74) is 8.32. The van der Waals surface area contributed by atoms with Crippen LogP contribution >= 0.6 is 0 Å². The third-order valence-electron chi connectivity index (χ3n) is 2.89. The van der Waals surface area contributed by atoms with Gasteiger partial charge in [-0.25, -0.2) is 9.97 Å². The standard InChI is InChI=1S/C14H16N4O/c1-10(14(15)19)18-6-11-2-4-12(5-3-11)13-7-16-9-17-8-13/h2-5,7-10,18H,6H2,1H3,(H2,15,19)/t10-/m0/s1. The Bertz CT molecular complexity index is 539. The second-order valence-electron chi connectivity index (χ2n) is 4.33. The van der Waals surface area contributed by atoms with Crippen LogP contribution in [0.5, 0.6) is 0 Å². The molecule has 0 radical (unpaired) electrons. The van der Waals surface area contributed by atoms with Gasteiger partial charge in [0.15, 0.2) is 0 Å². The van der Waals surface area contributed by atoms with Crippen molar-refractivity contribution in [2.45, 2.75) is 19.5 Å². The summed E-state index contributed by atoms with van der Waals surface area (Å²) in [6, 6.07) is 7.68. The highest BCUT2D eigenvalue weighted by Gasteiger charge is 2.07. The van der Waals surface area contributed by atoms with E-state index in [4.69, 9.17) is 5.73 Å². The van der Waals surface area contributed by atoms with Gasteiger partial charge in [-0.15, -0.1) is 0 Å². The fraction of sp³-hybridized carbons (Fsp3) is 0.214. The molecule has 0 aliphatic carbocycles. The van der Waals surface area contributed by atoms with Crippen molar-refractivity contribution in [3.05, 3.63) is 48.5 Å². The molecule has 3 N–H and O–H groups in total. The smallest absolute Gasteiger partial charge is 0.234 e. The van der Waals surface area contributed by atoms with Gasteiger partial charge in [0.1, 0.15) is 6.33 Å². The number of carbonyl (C=O) groups is 1. The van der Waals surface area contributed by atoms with Gasteiger partial charge < -0.3 is 11.1 Å². The van der Waals surface area contributed by atoms with Gasteiger partial charge in [0.2, 0.25) is 5.91 Å². The van der Waals surface area contributed by atoms with Gasteiger partial charge in [-0.3, -0.25) is 4.79 Å². The van der Waals surface area contributed by atoms with Crippen molar-refractivity contribution >= 4 is 5.91 Å². The SMILES string of the molecule is C[C@H](NCc1ccc(-c2cncnc2)cc1)C(N)=O. The van der Waals surface area contributed by atoms with Crippen LogP contribution in [-0.4, -0.2) is 21.9 Å². The Hall–Kier alpha value is -2.27. The molecule has 0 unspecified atom stereocenters. The van der Waals surface area contributed by atoms with Crippen molar-refractivity contribution in [1.82, 2.24) is 15.3 Å². The molecule has 5 nitrogen and oxygen atoms in total. The fourth-order valence-corrected chi connectivity index (χ4v) is 1.63. The van der Waals surface area contributed by atoms with E-state index in [9.17, 15) is 4.79 Å². The lowest BCUT2D eigenvalue weighted by molar-refractivity contribution is -0.119. The summed E-state index contributed by atoms with van der Waals surface area (Å²) in [6.07, 6.45) is 5.05. The zero-order valence-corrected chi connectivity index (χ0v) is 10.7. The summed E-state index contributed by atoms with van der Waals surface area (Å²) < 4.78 is 0. The molecule has 19 heavy (non-hydrogen) atoms. The van der Waals surface area contributed by atoms with E-state index in [1.54, 1.807) is 19.3 Å². The molecule has 0 aliphatic heterocycles. The van der Waals surface area contributed by atoms with Crippen LogP contribution in [0.15, 0.2) is 43.0 Å². The Kier molecular flexibility index (Phi) is 4.20. The van der Waals surface area contributed by atoms with Crippen LogP contribution in [0.25, 0.3) is 11.1 Å². The number of nitrogens with one attached hydrogen (secondary N) is 1. The fourth-order valence-electron chi connectivity index (χ4n) is 1.63. The van der Waals surface area contributed by atoms with E-state index in [1.807, 2.05) is 24.3 Å². The van der Waals surface area contributed by atoms with Crippen molar-refractivity contribution < 1.29 is 4.79 Å². The molecule has 2 rings (SSSR count). The van der Waals surface area contributed by atoms with Gasteiger partial charge in [-0.05, 0) is 18.1 Å². The molecule has 2 aromatic rings. The maximum Gasteiger partial charge on any atom is 0.234 e. The second kappa shape index (κ2) is 6.06. The lowest BCUT2D eigenvalue weighted by Gasteiger charge is -2.10. The molecule has 1 aromatic heterocycles. The highest BCUT2D eigenvalue weighted by molar-refractivity contribution is 5.79. The summed E-state index contributed by atoms with van der Waals surface area (Å²) in [5, 5.41) is 3.06. The van der Waals surface area contributed by atoms with Crippen LogP contribution < -0.4 is 11.1 Å². The summed E-state index contributed by atoms with van der Waals surface area (Å²) in [5.74, 6) is -0.349. The Labute approximate surface area is 111 Å². The van der Waals surface area contributed by atoms with Crippen molar-refractivity contribution in [1.29, 1.82) is 0 Å². The van der Waals surface area contributed by atoms with Crippen LogP contribution in [-0.2, 0) is 11.3 Å². The zero-order valence-electron chi connectivity index (χ0n) is 10.7. The highest BCUT2D eigenvalue weighted by atomic mass is 16.1. The molecule has 0 saturated carbocycles. The Balaban J connectivity index is 2.01. The number of hydrogen-bond donors (Lipinski definition) is 2. The van der Waals surface area contributed by atoms with E-state index in [0.717, 1.165) is 16.7 Å². The minimum atomic E-state index is -0.349. The highest BCUT2D eigenvalue weighted by Crippen LogP contribution is 2.17. The first-order chi connectivity index (χ1) is 9.16. The van der Waals surface area contributed by atoms with Crippen LogP contribution in [0, 0.1) is 0 Å². The molecule has 5 heteroatoms. The first-order valence-electron chi connectivity index (χ1n) is 6.04. The molecular formula is C14H16N4O. The van der Waals surface area contributed by atoms with Gasteiger partial charge in [0.05, 0.1) is 6.04 Å². The number of primary amides is 1. The first kappa shape index (κ1) is 13.2. The molecule has 1 aromatic carbocycles. The van der Waals surface area contributed by atoms with E-state index in [2.05, 4.69) is 15.3 Å². The average Bonchev–Trinajstić information content (AvgIpc) is 2.46. The number of nitrogens with two attached hydrogens (primary N) is 1. The largest absolute Gasteiger partial charge is 0.368 e. The first-order valence-corrected chi connectivity index (χ1v) is 6.04. The summed E-state index contributed by atoms with van der Waals surface area (Å²) in [6.45, 7) is 2.35. The Morgan fingerprint density at radius 2 is 1.84 bits per heavy atom. The molecule has 0 saturated heterocycles. The minimum Gasteiger partial charge on any atom is -0.368 e.